The summed E-state index contributed by atoms with van der Waals surface area (Å²) in [7, 11) is 1.43. The summed E-state index contributed by atoms with van der Waals surface area (Å²) in [4.78, 5) is 15.3. The number of carbonyl (C=O) groups excluding carboxylic acids is 1. The molecule has 2 heterocycles. The van der Waals surface area contributed by atoms with Gasteiger partial charge in [-0.3, -0.25) is 0 Å². The Morgan fingerprint density at radius 1 is 1.53 bits per heavy atom. The van der Waals surface area contributed by atoms with Crippen molar-refractivity contribution in [2.45, 2.75) is 32.2 Å². The Balaban J connectivity index is 2.16. The molecule has 0 saturated carbocycles. The first-order valence-electron chi connectivity index (χ1n) is 6.69. The number of ether oxygens (including phenoxy) is 1. The highest BCUT2D eigenvalue weighted by atomic mass is 16.5. The molecule has 3 rings (SSSR count). The molecule has 4 heteroatoms. The van der Waals surface area contributed by atoms with Gasteiger partial charge in [0.1, 0.15) is 0 Å². The van der Waals surface area contributed by atoms with Crippen LogP contribution in [0.1, 0.15) is 48.2 Å². The van der Waals surface area contributed by atoms with Crippen LogP contribution in [0, 0.1) is 0 Å². The lowest BCUT2D eigenvalue weighted by atomic mass is 9.83. The number of H-pyrrole nitrogens is 1. The molecule has 0 spiro atoms. The highest BCUT2D eigenvalue weighted by Gasteiger charge is 2.30. The van der Waals surface area contributed by atoms with Gasteiger partial charge in [0.05, 0.1) is 24.9 Å². The van der Waals surface area contributed by atoms with E-state index in [-0.39, 0.29) is 5.97 Å². The zero-order valence-corrected chi connectivity index (χ0v) is 11.2. The zero-order valence-electron chi connectivity index (χ0n) is 11.2. The van der Waals surface area contributed by atoms with Crippen LogP contribution < -0.4 is 5.32 Å². The van der Waals surface area contributed by atoms with Crippen molar-refractivity contribution in [2.75, 3.05) is 7.11 Å². The van der Waals surface area contributed by atoms with E-state index in [9.17, 15) is 4.79 Å². The third-order valence-corrected chi connectivity index (χ3v) is 3.99. The maximum absolute atomic E-state index is 11.9. The molecule has 4 nitrogen and oxygen atoms in total. The molecule has 1 aromatic rings. The molecule has 1 aliphatic carbocycles. The van der Waals surface area contributed by atoms with Crippen molar-refractivity contribution in [3.63, 3.8) is 0 Å². The number of rotatable bonds is 2. The number of aromatic amines is 1. The molecular weight excluding hydrogens is 240 g/mol. The fourth-order valence-electron chi connectivity index (χ4n) is 3.00. The van der Waals surface area contributed by atoms with Gasteiger partial charge < -0.3 is 15.0 Å². The Bertz CT molecular complexity index is 581. The van der Waals surface area contributed by atoms with Crippen LogP contribution in [0.2, 0.25) is 0 Å². The van der Waals surface area contributed by atoms with E-state index in [1.54, 1.807) is 0 Å². The van der Waals surface area contributed by atoms with E-state index in [0.29, 0.717) is 11.5 Å². The van der Waals surface area contributed by atoms with Crippen LogP contribution in [0.3, 0.4) is 0 Å². The predicted octanol–water partition coefficient (Wildman–Crippen LogP) is 2.54. The fourth-order valence-corrected chi connectivity index (χ4v) is 3.00. The number of hydrogen-bond donors (Lipinski definition) is 2. The first-order valence-corrected chi connectivity index (χ1v) is 6.69. The van der Waals surface area contributed by atoms with E-state index in [1.165, 1.54) is 18.2 Å². The number of hydrogen-bond acceptors (Lipinski definition) is 3. The van der Waals surface area contributed by atoms with E-state index in [2.05, 4.69) is 23.3 Å². The van der Waals surface area contributed by atoms with Crippen LogP contribution in [0.15, 0.2) is 12.3 Å². The van der Waals surface area contributed by atoms with Crippen molar-refractivity contribution in [2.24, 2.45) is 0 Å². The predicted molar refractivity (Wildman–Crippen MR) is 74.3 cm³/mol. The van der Waals surface area contributed by atoms with Gasteiger partial charge in [-0.05, 0) is 36.6 Å². The molecule has 2 aliphatic rings. The SMILES string of the molecule is CCC1CC=C(C(=O)OC)c2[nH]c3c(c21)C=CNC3. The van der Waals surface area contributed by atoms with Crippen molar-refractivity contribution in [1.29, 1.82) is 0 Å². The monoisotopic (exact) mass is 258 g/mol. The normalized spacial score (nSPS) is 20.1. The van der Waals surface area contributed by atoms with Gasteiger partial charge in [-0.15, -0.1) is 0 Å². The molecule has 2 N–H and O–H groups in total. The number of fused-ring (bicyclic) bond motifs is 3. The Morgan fingerprint density at radius 2 is 2.37 bits per heavy atom. The van der Waals surface area contributed by atoms with Crippen molar-refractivity contribution in [3.05, 3.63) is 34.8 Å². The lowest BCUT2D eigenvalue weighted by molar-refractivity contribution is -0.133. The number of esters is 1. The summed E-state index contributed by atoms with van der Waals surface area (Å²) in [5.74, 6) is 0.220. The molecule has 0 amide bonds. The number of nitrogens with one attached hydrogen (secondary N) is 2. The van der Waals surface area contributed by atoms with Gasteiger partial charge in [-0.2, -0.15) is 0 Å². The van der Waals surface area contributed by atoms with Crippen molar-refractivity contribution >= 4 is 17.6 Å². The molecule has 0 aromatic carbocycles. The number of aromatic nitrogens is 1. The highest BCUT2D eigenvalue weighted by molar-refractivity contribution is 6.17. The van der Waals surface area contributed by atoms with Crippen LogP contribution in [0.5, 0.6) is 0 Å². The quantitative estimate of drug-likeness (QED) is 0.801. The maximum Gasteiger partial charge on any atom is 0.339 e. The van der Waals surface area contributed by atoms with E-state index in [0.717, 1.165) is 30.8 Å². The first kappa shape index (κ1) is 12.1. The Hall–Kier alpha value is -1.97. The average molecular weight is 258 g/mol. The molecule has 19 heavy (non-hydrogen) atoms. The standard InChI is InChI=1S/C15H18N2O2/c1-3-9-4-5-11(15(18)19-2)14-13(9)10-6-7-16-8-12(10)17-14/h5-7,9,16-17H,3-4,8H2,1-2H3. The van der Waals surface area contributed by atoms with Gasteiger partial charge in [0.15, 0.2) is 0 Å². The summed E-state index contributed by atoms with van der Waals surface area (Å²) in [5.41, 5.74) is 5.30. The third kappa shape index (κ3) is 1.79. The molecule has 1 unspecified atom stereocenters. The van der Waals surface area contributed by atoms with Gasteiger partial charge in [0, 0.05) is 11.3 Å². The van der Waals surface area contributed by atoms with Crippen LogP contribution in [0.4, 0.5) is 0 Å². The smallest absolute Gasteiger partial charge is 0.339 e. The van der Waals surface area contributed by atoms with E-state index in [1.807, 2.05) is 12.3 Å². The van der Waals surface area contributed by atoms with E-state index >= 15 is 0 Å². The van der Waals surface area contributed by atoms with E-state index < -0.39 is 0 Å². The largest absolute Gasteiger partial charge is 0.465 e. The zero-order chi connectivity index (χ0) is 13.4. The van der Waals surface area contributed by atoms with Crippen molar-refractivity contribution < 1.29 is 9.53 Å². The molecule has 1 aliphatic heterocycles. The minimum Gasteiger partial charge on any atom is -0.465 e. The van der Waals surface area contributed by atoms with E-state index in [4.69, 9.17) is 4.74 Å². The minimum absolute atomic E-state index is 0.258. The van der Waals surface area contributed by atoms with Crippen LogP contribution in [-0.2, 0) is 16.1 Å². The second-order valence-electron chi connectivity index (χ2n) is 4.97. The van der Waals surface area contributed by atoms with Gasteiger partial charge in [0.25, 0.3) is 0 Å². The molecule has 0 radical (unpaired) electrons. The van der Waals surface area contributed by atoms with Crippen molar-refractivity contribution in [1.82, 2.24) is 10.3 Å². The van der Waals surface area contributed by atoms with Gasteiger partial charge in [-0.25, -0.2) is 4.79 Å². The molecule has 1 aromatic heterocycles. The second kappa shape index (κ2) is 4.61. The third-order valence-electron chi connectivity index (χ3n) is 3.99. The Labute approximate surface area is 112 Å². The summed E-state index contributed by atoms with van der Waals surface area (Å²) in [5, 5.41) is 3.19. The number of allylic oxidation sites excluding steroid dienone is 1. The number of carbonyl (C=O) groups is 1. The van der Waals surface area contributed by atoms with Gasteiger partial charge >= 0.3 is 5.97 Å². The lowest BCUT2D eigenvalue weighted by Crippen LogP contribution is -2.13. The Morgan fingerprint density at radius 3 is 3.11 bits per heavy atom. The minimum atomic E-state index is -0.258. The molecule has 0 fully saturated rings. The van der Waals surface area contributed by atoms with Crippen LogP contribution in [-0.4, -0.2) is 18.1 Å². The van der Waals surface area contributed by atoms with Crippen molar-refractivity contribution in [3.8, 4) is 0 Å². The second-order valence-corrected chi connectivity index (χ2v) is 4.97. The lowest BCUT2D eigenvalue weighted by Gasteiger charge is -2.22. The molecule has 100 valence electrons. The van der Waals surface area contributed by atoms with Gasteiger partial charge in [-0.1, -0.05) is 13.0 Å². The summed E-state index contributed by atoms with van der Waals surface area (Å²) in [6, 6.07) is 0. The van der Waals surface area contributed by atoms with Crippen LogP contribution in [0.25, 0.3) is 11.6 Å². The molecular formula is C15H18N2O2. The summed E-state index contributed by atoms with van der Waals surface area (Å²) < 4.78 is 4.89. The highest BCUT2D eigenvalue weighted by Crippen LogP contribution is 2.41. The first-order chi connectivity index (χ1) is 9.26. The Kier molecular flexibility index (Phi) is 2.93. The topological polar surface area (TPSA) is 54.1 Å². The molecule has 0 saturated heterocycles. The van der Waals surface area contributed by atoms with Gasteiger partial charge in [0.2, 0.25) is 0 Å². The summed E-state index contributed by atoms with van der Waals surface area (Å²) >= 11 is 0. The van der Waals surface area contributed by atoms with Crippen LogP contribution >= 0.6 is 0 Å². The summed E-state index contributed by atoms with van der Waals surface area (Å²) in [6.07, 6.45) is 8.04. The molecule has 0 bridgehead atoms. The fraction of sp³-hybridized carbons (Fsp3) is 0.400. The summed E-state index contributed by atoms with van der Waals surface area (Å²) in [6.45, 7) is 2.97. The maximum atomic E-state index is 11.9. The average Bonchev–Trinajstić information content (AvgIpc) is 2.85. The molecule has 1 atom stereocenters. The number of methoxy groups -OCH3 is 1.